The summed E-state index contributed by atoms with van der Waals surface area (Å²) in [5.74, 6) is 1.81. The third kappa shape index (κ3) is 5.37. The topological polar surface area (TPSA) is 53.7 Å². The van der Waals surface area contributed by atoms with Crippen LogP contribution in [0.4, 0.5) is 0 Å². The molecule has 0 unspecified atom stereocenters. The molecule has 0 saturated carbocycles. The molecule has 0 saturated heterocycles. The van der Waals surface area contributed by atoms with Crippen molar-refractivity contribution in [1.29, 1.82) is 0 Å². The van der Waals surface area contributed by atoms with E-state index in [1.54, 1.807) is 13.3 Å². The molecule has 1 aromatic heterocycles. The Hall–Kier alpha value is -1.31. The Labute approximate surface area is 146 Å². The lowest BCUT2D eigenvalue weighted by Crippen LogP contribution is -2.22. The van der Waals surface area contributed by atoms with Gasteiger partial charge in [-0.3, -0.25) is 0 Å². The lowest BCUT2D eigenvalue weighted by atomic mass is 10.1. The van der Waals surface area contributed by atoms with Crippen molar-refractivity contribution in [1.82, 2.24) is 4.98 Å². The molecule has 0 atom stereocenters. The number of methoxy groups -OCH3 is 1. The Kier molecular flexibility index (Phi) is 6.26. The van der Waals surface area contributed by atoms with Crippen molar-refractivity contribution < 1.29 is 18.6 Å². The van der Waals surface area contributed by atoms with E-state index in [0.29, 0.717) is 23.9 Å². The van der Waals surface area contributed by atoms with Crippen LogP contribution in [-0.2, 0) is 4.74 Å². The average molecular weight is 400 g/mol. The van der Waals surface area contributed by atoms with Gasteiger partial charge in [-0.25, -0.2) is 4.98 Å². The number of ether oxygens (including phenoxy) is 3. The van der Waals surface area contributed by atoms with Crippen molar-refractivity contribution in [2.75, 3.05) is 20.5 Å². The highest BCUT2D eigenvalue weighted by Gasteiger charge is 2.17. The van der Waals surface area contributed by atoms with Crippen molar-refractivity contribution in [3.05, 3.63) is 29.2 Å². The van der Waals surface area contributed by atoms with Gasteiger partial charge in [0.25, 0.3) is 0 Å². The van der Waals surface area contributed by atoms with E-state index in [1.807, 2.05) is 12.1 Å². The lowest BCUT2D eigenvalue weighted by Gasteiger charge is -2.17. The first-order valence-corrected chi connectivity index (χ1v) is 11.9. The fraction of sp³-hybridized carbons (Fsp3) is 0.438. The van der Waals surface area contributed by atoms with Crippen molar-refractivity contribution >= 4 is 24.0 Å². The summed E-state index contributed by atoms with van der Waals surface area (Å²) in [7, 11) is 0.501. The largest absolute Gasteiger partial charge is 0.493 e. The zero-order chi connectivity index (χ0) is 16.9. The maximum absolute atomic E-state index is 5.81. The summed E-state index contributed by atoms with van der Waals surface area (Å²) >= 11 is 3.46. The minimum Gasteiger partial charge on any atom is -0.493 e. The molecule has 0 aliphatic heterocycles. The molecule has 0 N–H and O–H groups in total. The molecule has 0 spiro atoms. The summed E-state index contributed by atoms with van der Waals surface area (Å²) in [5, 5.41) is 0. The van der Waals surface area contributed by atoms with Gasteiger partial charge in [-0.15, -0.1) is 0 Å². The van der Waals surface area contributed by atoms with Crippen LogP contribution in [0.1, 0.15) is 0 Å². The van der Waals surface area contributed by atoms with E-state index in [1.165, 1.54) is 6.39 Å². The second-order valence-electron chi connectivity index (χ2n) is 6.33. The summed E-state index contributed by atoms with van der Waals surface area (Å²) < 4.78 is 23.1. The molecular weight excluding hydrogens is 378 g/mol. The standard InChI is InChI=1S/C16H22BrNO4Si/c1-19-14-8-12(17)7-13(15-9-18-10-21-15)16(14)22-11-20-5-6-23(2,3)4/h7-10H,5-6,11H2,1-4H3. The Balaban J connectivity index is 2.10. The van der Waals surface area contributed by atoms with E-state index >= 15 is 0 Å². The van der Waals surface area contributed by atoms with E-state index < -0.39 is 8.07 Å². The molecule has 0 bridgehead atoms. The minimum atomic E-state index is -1.10. The van der Waals surface area contributed by atoms with E-state index in [2.05, 4.69) is 40.6 Å². The molecular formula is C16H22BrNO4Si. The summed E-state index contributed by atoms with van der Waals surface area (Å²) in [5.41, 5.74) is 0.766. The number of hydrogen-bond donors (Lipinski definition) is 0. The SMILES string of the molecule is COc1cc(Br)cc(-c2cnco2)c1OCOCC[Si](C)(C)C. The van der Waals surface area contributed by atoms with Crippen LogP contribution in [-0.4, -0.2) is 33.6 Å². The molecule has 2 rings (SSSR count). The first-order valence-electron chi connectivity index (χ1n) is 7.37. The summed E-state index contributed by atoms with van der Waals surface area (Å²) in [4.78, 5) is 3.96. The van der Waals surface area contributed by atoms with E-state index in [9.17, 15) is 0 Å². The molecule has 23 heavy (non-hydrogen) atoms. The van der Waals surface area contributed by atoms with Crippen molar-refractivity contribution in [3.8, 4) is 22.8 Å². The third-order valence-corrected chi connectivity index (χ3v) is 5.38. The maximum Gasteiger partial charge on any atom is 0.189 e. The summed E-state index contributed by atoms with van der Waals surface area (Å²) in [6, 6.07) is 4.85. The van der Waals surface area contributed by atoms with Crippen LogP contribution < -0.4 is 9.47 Å². The normalized spacial score (nSPS) is 11.5. The Morgan fingerprint density at radius 1 is 1.26 bits per heavy atom. The number of hydrogen-bond acceptors (Lipinski definition) is 5. The molecule has 0 radical (unpaired) electrons. The molecule has 1 aromatic carbocycles. The van der Waals surface area contributed by atoms with Crippen molar-refractivity contribution in [2.24, 2.45) is 0 Å². The van der Waals surface area contributed by atoms with Crippen LogP contribution in [0.2, 0.25) is 25.7 Å². The van der Waals surface area contributed by atoms with Gasteiger partial charge in [-0.1, -0.05) is 35.6 Å². The average Bonchev–Trinajstić information content (AvgIpc) is 3.00. The highest BCUT2D eigenvalue weighted by atomic mass is 79.9. The predicted molar refractivity (Wildman–Crippen MR) is 95.8 cm³/mol. The molecule has 5 nitrogen and oxygen atoms in total. The van der Waals surface area contributed by atoms with Gasteiger partial charge >= 0.3 is 0 Å². The summed E-state index contributed by atoms with van der Waals surface area (Å²) in [6.07, 6.45) is 3.02. The number of oxazole rings is 1. The Morgan fingerprint density at radius 3 is 2.65 bits per heavy atom. The molecule has 0 fully saturated rings. The molecule has 0 aliphatic carbocycles. The van der Waals surface area contributed by atoms with E-state index in [-0.39, 0.29) is 6.79 Å². The van der Waals surface area contributed by atoms with Gasteiger partial charge in [-0.05, 0) is 18.2 Å². The third-order valence-electron chi connectivity index (χ3n) is 3.22. The maximum atomic E-state index is 5.81. The van der Waals surface area contributed by atoms with E-state index in [0.717, 1.165) is 16.1 Å². The van der Waals surface area contributed by atoms with Gasteiger partial charge in [0.2, 0.25) is 0 Å². The number of benzene rings is 1. The van der Waals surface area contributed by atoms with Gasteiger partial charge in [0.15, 0.2) is 30.4 Å². The fourth-order valence-corrected chi connectivity index (χ4v) is 3.13. The van der Waals surface area contributed by atoms with Crippen LogP contribution in [0.15, 0.2) is 33.6 Å². The number of nitrogens with zero attached hydrogens (tertiary/aromatic N) is 1. The first-order chi connectivity index (χ1) is 10.9. The molecule has 1 heterocycles. The summed E-state index contributed by atoms with van der Waals surface area (Å²) in [6.45, 7) is 7.82. The second kappa shape index (κ2) is 7.99. The van der Waals surface area contributed by atoms with Gasteiger partial charge < -0.3 is 18.6 Å². The zero-order valence-electron chi connectivity index (χ0n) is 13.9. The Bertz CT molecular complexity index is 626. The van der Waals surface area contributed by atoms with Gasteiger partial charge in [0.1, 0.15) is 0 Å². The smallest absolute Gasteiger partial charge is 0.189 e. The number of aromatic nitrogens is 1. The highest BCUT2D eigenvalue weighted by molar-refractivity contribution is 9.10. The van der Waals surface area contributed by atoms with Crippen LogP contribution in [0, 0.1) is 0 Å². The predicted octanol–water partition coefficient (Wildman–Crippen LogP) is 4.80. The monoisotopic (exact) mass is 399 g/mol. The van der Waals surface area contributed by atoms with Crippen LogP contribution in [0.5, 0.6) is 11.5 Å². The molecule has 0 amide bonds. The van der Waals surface area contributed by atoms with Gasteiger partial charge in [0.05, 0.1) is 18.9 Å². The molecule has 0 aliphatic rings. The highest BCUT2D eigenvalue weighted by Crippen LogP contribution is 2.40. The van der Waals surface area contributed by atoms with Crippen molar-refractivity contribution in [3.63, 3.8) is 0 Å². The van der Waals surface area contributed by atoms with Crippen LogP contribution in [0.25, 0.3) is 11.3 Å². The van der Waals surface area contributed by atoms with E-state index in [4.69, 9.17) is 18.6 Å². The quantitative estimate of drug-likeness (QED) is 0.362. The zero-order valence-corrected chi connectivity index (χ0v) is 16.5. The van der Waals surface area contributed by atoms with Crippen LogP contribution >= 0.6 is 15.9 Å². The fourth-order valence-electron chi connectivity index (χ4n) is 1.94. The number of rotatable bonds is 8. The lowest BCUT2D eigenvalue weighted by molar-refractivity contribution is 0.0208. The van der Waals surface area contributed by atoms with Crippen molar-refractivity contribution in [2.45, 2.75) is 25.7 Å². The van der Waals surface area contributed by atoms with Gasteiger partial charge in [-0.2, -0.15) is 0 Å². The Morgan fingerprint density at radius 2 is 2.04 bits per heavy atom. The number of halogens is 1. The second-order valence-corrected chi connectivity index (χ2v) is 12.9. The first kappa shape index (κ1) is 18.0. The van der Waals surface area contributed by atoms with Gasteiger partial charge in [0, 0.05) is 19.2 Å². The van der Waals surface area contributed by atoms with Crippen LogP contribution in [0.3, 0.4) is 0 Å². The minimum absolute atomic E-state index is 0.170. The molecule has 126 valence electrons. The molecule has 2 aromatic rings. The molecule has 7 heteroatoms.